The van der Waals surface area contributed by atoms with E-state index < -0.39 is 0 Å². The standard InChI is InChI=1S/C22H28/c1-9-19-13-21(12-16(4)18(19)6)22(7,8)20-10-14(2)17(5)15(3)11-20/h9-13H,1H2,2-8H3. The average Bonchev–Trinajstić information content (AvgIpc) is 2.46. The lowest BCUT2D eigenvalue weighted by Crippen LogP contribution is -2.20. The van der Waals surface area contributed by atoms with Gasteiger partial charge in [-0.15, -0.1) is 0 Å². The SMILES string of the molecule is C=Cc1cc(C(C)(C)c2cc(C)c(C)c(C)c2)cc(C)c1C. The van der Waals surface area contributed by atoms with E-state index in [9.17, 15) is 0 Å². The quantitative estimate of drug-likeness (QED) is 0.632. The van der Waals surface area contributed by atoms with Crippen molar-refractivity contribution in [2.75, 3.05) is 0 Å². The molecule has 2 aromatic carbocycles. The Hall–Kier alpha value is -1.82. The lowest BCUT2D eigenvalue weighted by molar-refractivity contribution is 0.638. The second kappa shape index (κ2) is 5.76. The molecule has 116 valence electrons. The van der Waals surface area contributed by atoms with Gasteiger partial charge in [-0.25, -0.2) is 0 Å². The number of aryl methyl sites for hydroxylation is 3. The van der Waals surface area contributed by atoms with Crippen molar-refractivity contribution < 1.29 is 0 Å². The molecule has 0 fully saturated rings. The molecule has 0 saturated carbocycles. The van der Waals surface area contributed by atoms with Crippen LogP contribution in [0.5, 0.6) is 0 Å². The molecule has 0 heterocycles. The lowest BCUT2D eigenvalue weighted by atomic mass is 9.75. The highest BCUT2D eigenvalue weighted by atomic mass is 14.3. The first-order valence-electron chi connectivity index (χ1n) is 8.01. The van der Waals surface area contributed by atoms with Crippen LogP contribution < -0.4 is 0 Å². The van der Waals surface area contributed by atoms with Crippen LogP contribution in [0.3, 0.4) is 0 Å². The summed E-state index contributed by atoms with van der Waals surface area (Å²) >= 11 is 0. The molecule has 0 aliphatic heterocycles. The number of hydrogen-bond donors (Lipinski definition) is 0. The zero-order chi connectivity index (χ0) is 16.7. The van der Waals surface area contributed by atoms with Crippen LogP contribution >= 0.6 is 0 Å². The van der Waals surface area contributed by atoms with Crippen molar-refractivity contribution in [3.63, 3.8) is 0 Å². The largest absolute Gasteiger partial charge is 0.0985 e. The van der Waals surface area contributed by atoms with Gasteiger partial charge < -0.3 is 0 Å². The highest BCUT2D eigenvalue weighted by Crippen LogP contribution is 2.35. The Morgan fingerprint density at radius 2 is 1.14 bits per heavy atom. The highest BCUT2D eigenvalue weighted by Gasteiger charge is 2.25. The van der Waals surface area contributed by atoms with E-state index in [1.54, 1.807) is 0 Å². The van der Waals surface area contributed by atoms with Gasteiger partial charge in [0.05, 0.1) is 0 Å². The van der Waals surface area contributed by atoms with Crippen LogP contribution in [0.25, 0.3) is 6.08 Å². The molecule has 2 aromatic rings. The van der Waals surface area contributed by atoms with Gasteiger partial charge in [-0.1, -0.05) is 50.8 Å². The topological polar surface area (TPSA) is 0 Å². The van der Waals surface area contributed by atoms with Gasteiger partial charge in [0, 0.05) is 5.41 Å². The number of hydrogen-bond acceptors (Lipinski definition) is 0. The molecule has 0 amide bonds. The van der Waals surface area contributed by atoms with Gasteiger partial charge in [-0.05, 0) is 79.1 Å². The minimum Gasteiger partial charge on any atom is -0.0985 e. The third-order valence-electron chi connectivity index (χ3n) is 5.30. The molecule has 0 aliphatic carbocycles. The third-order valence-corrected chi connectivity index (χ3v) is 5.30. The average molecular weight is 292 g/mol. The minimum absolute atomic E-state index is 0.0144. The molecule has 0 N–H and O–H groups in total. The molecule has 0 atom stereocenters. The molecule has 0 aromatic heterocycles. The number of benzene rings is 2. The van der Waals surface area contributed by atoms with Gasteiger partial charge in [0.1, 0.15) is 0 Å². The summed E-state index contributed by atoms with van der Waals surface area (Å²) in [5.74, 6) is 0. The van der Waals surface area contributed by atoms with Crippen molar-refractivity contribution in [3.05, 3.63) is 75.4 Å². The summed E-state index contributed by atoms with van der Waals surface area (Å²) in [6.45, 7) is 19.6. The van der Waals surface area contributed by atoms with Crippen LogP contribution in [0, 0.1) is 34.6 Å². The monoisotopic (exact) mass is 292 g/mol. The molecule has 22 heavy (non-hydrogen) atoms. The van der Waals surface area contributed by atoms with E-state index in [1.807, 2.05) is 6.08 Å². The third kappa shape index (κ3) is 2.75. The molecule has 0 heteroatoms. The Morgan fingerprint density at radius 1 is 0.727 bits per heavy atom. The van der Waals surface area contributed by atoms with Gasteiger partial charge in [-0.2, -0.15) is 0 Å². The maximum absolute atomic E-state index is 3.97. The van der Waals surface area contributed by atoms with Crippen LogP contribution in [-0.4, -0.2) is 0 Å². The van der Waals surface area contributed by atoms with E-state index in [0.29, 0.717) is 0 Å². The lowest BCUT2D eigenvalue weighted by Gasteiger charge is -2.29. The summed E-state index contributed by atoms with van der Waals surface area (Å²) in [6.07, 6.45) is 1.97. The highest BCUT2D eigenvalue weighted by molar-refractivity contribution is 5.57. The zero-order valence-electron chi connectivity index (χ0n) is 15.1. The normalized spacial score (nSPS) is 11.6. The summed E-state index contributed by atoms with van der Waals surface area (Å²) in [4.78, 5) is 0. The van der Waals surface area contributed by atoms with E-state index in [2.05, 4.69) is 79.3 Å². The Morgan fingerprint density at radius 3 is 1.59 bits per heavy atom. The van der Waals surface area contributed by atoms with Crippen molar-refractivity contribution in [1.29, 1.82) is 0 Å². The van der Waals surface area contributed by atoms with Crippen LogP contribution in [0.4, 0.5) is 0 Å². The van der Waals surface area contributed by atoms with E-state index >= 15 is 0 Å². The van der Waals surface area contributed by atoms with E-state index in [0.717, 1.165) is 0 Å². The van der Waals surface area contributed by atoms with E-state index in [4.69, 9.17) is 0 Å². The first kappa shape index (κ1) is 16.5. The molecule has 0 aliphatic rings. The van der Waals surface area contributed by atoms with Crippen LogP contribution in [-0.2, 0) is 5.41 Å². The summed E-state index contributed by atoms with van der Waals surface area (Å²) in [5, 5.41) is 0. The molecule has 0 bridgehead atoms. The summed E-state index contributed by atoms with van der Waals surface area (Å²) in [7, 11) is 0. The van der Waals surface area contributed by atoms with E-state index in [-0.39, 0.29) is 5.41 Å². The van der Waals surface area contributed by atoms with Crippen molar-refractivity contribution in [1.82, 2.24) is 0 Å². The molecule has 0 spiro atoms. The fourth-order valence-electron chi connectivity index (χ4n) is 3.02. The van der Waals surface area contributed by atoms with Gasteiger partial charge >= 0.3 is 0 Å². The van der Waals surface area contributed by atoms with Gasteiger partial charge in [0.25, 0.3) is 0 Å². The van der Waals surface area contributed by atoms with Crippen LogP contribution in [0.15, 0.2) is 30.8 Å². The summed E-state index contributed by atoms with van der Waals surface area (Å²) in [6, 6.07) is 9.29. The molecule has 0 unspecified atom stereocenters. The first-order valence-corrected chi connectivity index (χ1v) is 8.01. The smallest absolute Gasteiger partial charge is 0.0147 e. The predicted molar refractivity (Wildman–Crippen MR) is 98.8 cm³/mol. The molecule has 0 saturated heterocycles. The van der Waals surface area contributed by atoms with Crippen LogP contribution in [0.2, 0.25) is 0 Å². The second-order valence-electron chi connectivity index (χ2n) is 7.07. The van der Waals surface area contributed by atoms with Gasteiger partial charge in [-0.3, -0.25) is 0 Å². The van der Waals surface area contributed by atoms with Crippen molar-refractivity contribution >= 4 is 6.08 Å². The van der Waals surface area contributed by atoms with E-state index in [1.165, 1.54) is 44.5 Å². The van der Waals surface area contributed by atoms with Gasteiger partial charge in [0.15, 0.2) is 0 Å². The Kier molecular flexibility index (Phi) is 4.33. The molecular formula is C22H28. The van der Waals surface area contributed by atoms with Crippen molar-refractivity contribution in [3.8, 4) is 0 Å². The van der Waals surface area contributed by atoms with Gasteiger partial charge in [0.2, 0.25) is 0 Å². The molecule has 0 nitrogen and oxygen atoms in total. The maximum atomic E-state index is 3.97. The Balaban J connectivity index is 2.64. The molecule has 2 rings (SSSR count). The first-order chi connectivity index (χ1) is 10.2. The fraction of sp³-hybridized carbons (Fsp3) is 0.364. The summed E-state index contributed by atoms with van der Waals surface area (Å²) in [5.41, 5.74) is 10.8. The fourth-order valence-corrected chi connectivity index (χ4v) is 3.02. The number of rotatable bonds is 3. The Labute approximate surface area is 135 Å². The second-order valence-corrected chi connectivity index (χ2v) is 7.07. The zero-order valence-corrected chi connectivity index (χ0v) is 15.1. The molecule has 0 radical (unpaired) electrons. The van der Waals surface area contributed by atoms with Crippen LogP contribution in [0.1, 0.15) is 58.4 Å². The summed E-state index contributed by atoms with van der Waals surface area (Å²) < 4.78 is 0. The molecular weight excluding hydrogens is 264 g/mol. The maximum Gasteiger partial charge on any atom is 0.0147 e. The predicted octanol–water partition coefficient (Wildman–Crippen LogP) is 6.20. The van der Waals surface area contributed by atoms with Crippen molar-refractivity contribution in [2.45, 2.75) is 53.9 Å². The van der Waals surface area contributed by atoms with Crippen molar-refractivity contribution in [2.24, 2.45) is 0 Å². The minimum atomic E-state index is -0.0144. The Bertz CT molecular complexity index is 707.